The van der Waals surface area contributed by atoms with Gasteiger partial charge in [-0.1, -0.05) is 152 Å². The molecule has 0 atom stereocenters. The number of hydrogen-bond acceptors (Lipinski definition) is 4. The number of anilines is 5. The molecule has 3 aliphatic rings. The van der Waals surface area contributed by atoms with Gasteiger partial charge in [-0.05, 0) is 153 Å². The maximum atomic E-state index is 7.21. The van der Waals surface area contributed by atoms with Crippen LogP contribution < -0.4 is 21.1 Å². The Kier molecular flexibility index (Phi) is 9.45. The molecule has 5 heteroatoms. The minimum atomic E-state index is 0.0375. The minimum absolute atomic E-state index is 0.0375. The summed E-state index contributed by atoms with van der Waals surface area (Å²) >= 11 is 1.87. The number of furan rings is 1. The molecule has 0 spiro atoms. The van der Waals surface area contributed by atoms with E-state index >= 15 is 0 Å². The lowest BCUT2D eigenvalue weighted by Crippen LogP contribution is -2.41. The molecule has 70 heavy (non-hydrogen) atoms. The Labute approximate surface area is 417 Å². The molecule has 2 aromatic heterocycles. The summed E-state index contributed by atoms with van der Waals surface area (Å²) < 4.78 is 9.76. The van der Waals surface area contributed by atoms with Crippen LogP contribution in [0.2, 0.25) is 0 Å². The molecule has 0 unspecified atom stereocenters. The summed E-state index contributed by atoms with van der Waals surface area (Å²) in [5.74, 6) is 0. The average Bonchev–Trinajstić information content (AvgIpc) is 3.90. The molecule has 10 aromatic rings. The van der Waals surface area contributed by atoms with Crippen LogP contribution in [0.25, 0.3) is 64.4 Å². The van der Waals surface area contributed by atoms with Crippen LogP contribution >= 0.6 is 11.3 Å². The van der Waals surface area contributed by atoms with Gasteiger partial charge in [-0.3, -0.25) is 0 Å². The topological polar surface area (TPSA) is 28.4 Å². The Morgan fingerprint density at radius 1 is 0.514 bits per heavy atom. The van der Waals surface area contributed by atoms with Crippen LogP contribution in [0.4, 0.5) is 28.4 Å². The van der Waals surface area contributed by atoms with Gasteiger partial charge in [0.25, 0.3) is 0 Å². The predicted octanol–water partition coefficient (Wildman–Crippen LogP) is 17.5. The quantitative estimate of drug-likeness (QED) is 0.174. The molecule has 3 nitrogen and oxygen atoms in total. The zero-order valence-electron chi connectivity index (χ0n) is 42.0. The van der Waals surface area contributed by atoms with Crippen molar-refractivity contribution < 1.29 is 4.42 Å². The number of thiophene rings is 1. The predicted molar refractivity (Wildman–Crippen MR) is 302 cm³/mol. The van der Waals surface area contributed by atoms with Crippen molar-refractivity contribution in [1.29, 1.82) is 0 Å². The summed E-state index contributed by atoms with van der Waals surface area (Å²) in [5, 5.41) is 8.90. The number of fused-ring (bicyclic) bond motifs is 10. The van der Waals surface area contributed by atoms with Gasteiger partial charge in [0.15, 0.2) is 7.28 Å². The molecule has 8 aromatic carbocycles. The maximum absolute atomic E-state index is 7.21. The van der Waals surface area contributed by atoms with E-state index in [0.29, 0.717) is 0 Å². The molecule has 3 heterocycles. The standard InChI is InChI=1S/C65H60BN2OS/c1-38-31-48-50(65(8,9)30-29-63(48,4)5)37-54(38)68-53-26-23-40(39-17-11-10-12-18-39)32-51(53)66-60-55(68)35-45-42-19-13-15-21-56(42)69-61(45)59(60)46-36-58-44(43-20-14-16-22-57(43)70-58)34-52(46)67-41-24-25-47-49(33-41)64(6,7)28-27-62(47,2)3/h10-26,31-37,67H,27-30H2,1-9H3. The first-order valence-corrected chi connectivity index (χ1v) is 26.2. The lowest BCUT2D eigenvalue weighted by Gasteiger charge is -2.43. The van der Waals surface area contributed by atoms with Crippen molar-refractivity contribution >= 4 is 100 Å². The van der Waals surface area contributed by atoms with Gasteiger partial charge in [-0.2, -0.15) is 0 Å². The second-order valence-electron chi connectivity index (χ2n) is 23.4. The van der Waals surface area contributed by atoms with Crippen molar-refractivity contribution in [1.82, 2.24) is 0 Å². The highest BCUT2D eigenvalue weighted by atomic mass is 32.1. The van der Waals surface area contributed by atoms with Crippen molar-refractivity contribution in [3.8, 4) is 22.3 Å². The highest BCUT2D eigenvalue weighted by Gasteiger charge is 2.40. The van der Waals surface area contributed by atoms with E-state index in [2.05, 4.69) is 225 Å². The van der Waals surface area contributed by atoms with Crippen molar-refractivity contribution in [2.75, 3.05) is 10.2 Å². The third-order valence-electron chi connectivity index (χ3n) is 16.9. The van der Waals surface area contributed by atoms with Crippen LogP contribution in [-0.4, -0.2) is 7.28 Å². The van der Waals surface area contributed by atoms with Crippen molar-refractivity contribution in [2.45, 2.75) is 110 Å². The molecule has 0 bridgehead atoms. The third kappa shape index (κ3) is 6.67. The molecular formula is C65H60BN2OS. The van der Waals surface area contributed by atoms with Gasteiger partial charge in [0.1, 0.15) is 11.2 Å². The van der Waals surface area contributed by atoms with Gasteiger partial charge in [0.05, 0.1) is 0 Å². The second-order valence-corrected chi connectivity index (χ2v) is 24.5. The van der Waals surface area contributed by atoms with E-state index in [9.17, 15) is 0 Å². The van der Waals surface area contributed by atoms with Gasteiger partial charge < -0.3 is 14.6 Å². The zero-order chi connectivity index (χ0) is 48.1. The van der Waals surface area contributed by atoms with Gasteiger partial charge in [0, 0.05) is 70.5 Å². The average molecular weight is 928 g/mol. The first kappa shape index (κ1) is 43.5. The van der Waals surface area contributed by atoms with Crippen LogP contribution in [0.5, 0.6) is 0 Å². The maximum Gasteiger partial charge on any atom is 0.198 e. The molecule has 0 fully saturated rings. The summed E-state index contributed by atoms with van der Waals surface area (Å²) in [6.45, 7) is 21.7. The molecule has 1 N–H and O–H groups in total. The zero-order valence-corrected chi connectivity index (χ0v) is 42.8. The lowest BCUT2D eigenvalue weighted by atomic mass is 9.57. The molecular weight excluding hydrogens is 868 g/mol. The molecule has 1 aliphatic heterocycles. The Morgan fingerprint density at radius 2 is 1.17 bits per heavy atom. The van der Waals surface area contributed by atoms with Crippen molar-refractivity contribution in [2.24, 2.45) is 0 Å². The van der Waals surface area contributed by atoms with E-state index in [4.69, 9.17) is 4.42 Å². The highest BCUT2D eigenvalue weighted by molar-refractivity contribution is 7.25. The van der Waals surface area contributed by atoms with Crippen LogP contribution in [0.3, 0.4) is 0 Å². The number of para-hydroxylation sites is 1. The number of hydrogen-bond donors (Lipinski definition) is 1. The summed E-state index contributed by atoms with van der Waals surface area (Å²) in [6, 6.07) is 54.9. The third-order valence-corrected chi connectivity index (χ3v) is 18.1. The number of aryl methyl sites for hydroxylation is 1. The van der Waals surface area contributed by atoms with Crippen molar-refractivity contribution in [3.05, 3.63) is 173 Å². The number of nitrogens with one attached hydrogen (secondary N) is 1. The fourth-order valence-electron chi connectivity index (χ4n) is 12.5. The normalized spacial score (nSPS) is 17.2. The first-order valence-electron chi connectivity index (χ1n) is 25.4. The minimum Gasteiger partial charge on any atom is -0.455 e. The monoisotopic (exact) mass is 927 g/mol. The number of nitrogens with zero attached hydrogens (tertiary/aromatic N) is 1. The van der Waals surface area contributed by atoms with Crippen LogP contribution in [0.1, 0.15) is 109 Å². The summed E-state index contributed by atoms with van der Waals surface area (Å²) in [5.41, 5.74) is 21.9. The van der Waals surface area contributed by atoms with Gasteiger partial charge in [-0.25, -0.2) is 0 Å². The fraction of sp³-hybridized carbons (Fsp3) is 0.262. The second kappa shape index (κ2) is 15.2. The molecule has 2 aliphatic carbocycles. The molecule has 0 saturated heterocycles. The van der Waals surface area contributed by atoms with Crippen molar-refractivity contribution in [3.63, 3.8) is 0 Å². The van der Waals surface area contributed by atoms with E-state index in [1.165, 1.54) is 88.8 Å². The Balaban J connectivity index is 1.12. The molecule has 1 radical (unpaired) electrons. The molecule has 345 valence electrons. The number of rotatable bonds is 5. The Morgan fingerprint density at radius 3 is 1.93 bits per heavy atom. The van der Waals surface area contributed by atoms with Crippen LogP contribution in [0.15, 0.2) is 150 Å². The molecule has 0 saturated carbocycles. The van der Waals surface area contributed by atoms with Gasteiger partial charge >= 0.3 is 0 Å². The Bertz CT molecular complexity index is 3810. The van der Waals surface area contributed by atoms with E-state index in [-0.39, 0.29) is 21.7 Å². The Hall–Kier alpha value is -6.56. The summed E-state index contributed by atoms with van der Waals surface area (Å²) in [4.78, 5) is 2.59. The highest BCUT2D eigenvalue weighted by Crippen LogP contribution is 2.53. The van der Waals surface area contributed by atoms with E-state index in [1.54, 1.807) is 0 Å². The first-order chi connectivity index (χ1) is 33.5. The van der Waals surface area contributed by atoms with Crippen LogP contribution in [-0.2, 0) is 21.7 Å². The van der Waals surface area contributed by atoms with E-state index < -0.39 is 0 Å². The fourth-order valence-corrected chi connectivity index (χ4v) is 13.7. The smallest absolute Gasteiger partial charge is 0.198 e. The largest absolute Gasteiger partial charge is 0.455 e. The lowest BCUT2D eigenvalue weighted by molar-refractivity contribution is 0.332. The molecule has 0 amide bonds. The van der Waals surface area contributed by atoms with Gasteiger partial charge in [-0.15, -0.1) is 11.3 Å². The molecule has 13 rings (SSSR count). The van der Waals surface area contributed by atoms with Crippen LogP contribution in [0, 0.1) is 6.92 Å². The number of benzene rings is 8. The van der Waals surface area contributed by atoms with E-state index in [0.717, 1.165) is 68.4 Å². The SMILES string of the molecule is Cc1cc2c(cc1N1c3ccc(-c4ccccc4)cc3[B]c3c1cc1c(oc4ccccc41)c3-c1cc3sc4ccccc4c3cc1Nc1ccc3c(c1)C(C)(C)CCC3(C)C)C(C)(C)CCC2(C)C. The van der Waals surface area contributed by atoms with Gasteiger partial charge in [0.2, 0.25) is 0 Å². The van der Waals surface area contributed by atoms with E-state index in [1.807, 2.05) is 11.3 Å². The summed E-state index contributed by atoms with van der Waals surface area (Å²) in [6.07, 6.45) is 4.67. The summed E-state index contributed by atoms with van der Waals surface area (Å²) in [7, 11) is 2.46.